The Kier molecular flexibility index (Phi) is 3.74. The molecule has 6 heteroatoms. The molecule has 0 bridgehead atoms. The Morgan fingerprint density at radius 3 is 2.50 bits per heavy atom. The van der Waals surface area contributed by atoms with Crippen LogP contribution in [0.15, 0.2) is 12.1 Å². The summed E-state index contributed by atoms with van der Waals surface area (Å²) in [6.07, 6.45) is -4.34. The molecule has 0 spiro atoms. The first-order valence-corrected chi connectivity index (χ1v) is 4.72. The van der Waals surface area contributed by atoms with Gasteiger partial charge in [-0.3, -0.25) is 4.98 Å². The van der Waals surface area contributed by atoms with Gasteiger partial charge in [0, 0.05) is 6.04 Å². The largest absolute Gasteiger partial charge is 0.482 e. The maximum Gasteiger partial charge on any atom is 0.422 e. The molecular weight excluding hydrogens is 221 g/mol. The molecule has 0 aromatic carbocycles. The molecule has 1 atom stereocenters. The van der Waals surface area contributed by atoms with E-state index in [1.165, 1.54) is 6.07 Å². The van der Waals surface area contributed by atoms with Crippen LogP contribution in [0.4, 0.5) is 13.2 Å². The van der Waals surface area contributed by atoms with Gasteiger partial charge in [0.1, 0.15) is 5.75 Å². The lowest BCUT2D eigenvalue weighted by Crippen LogP contribution is -2.20. The zero-order valence-electron chi connectivity index (χ0n) is 9.01. The van der Waals surface area contributed by atoms with Crippen molar-refractivity contribution in [2.45, 2.75) is 26.1 Å². The molecule has 0 radical (unpaired) electrons. The van der Waals surface area contributed by atoms with Gasteiger partial charge in [0.05, 0.1) is 11.4 Å². The van der Waals surface area contributed by atoms with E-state index in [1.54, 1.807) is 19.9 Å². The minimum absolute atomic E-state index is 0.127. The Balaban J connectivity index is 2.76. The predicted molar refractivity (Wildman–Crippen MR) is 53.1 cm³/mol. The first-order valence-electron chi connectivity index (χ1n) is 4.72. The van der Waals surface area contributed by atoms with E-state index in [2.05, 4.69) is 9.72 Å². The molecule has 0 aliphatic carbocycles. The van der Waals surface area contributed by atoms with Crippen LogP contribution in [0.2, 0.25) is 0 Å². The van der Waals surface area contributed by atoms with Gasteiger partial charge in [-0.05, 0) is 26.0 Å². The summed E-state index contributed by atoms with van der Waals surface area (Å²) in [4.78, 5) is 4.06. The van der Waals surface area contributed by atoms with Gasteiger partial charge in [-0.25, -0.2) is 0 Å². The number of pyridine rings is 1. The molecule has 0 saturated carbocycles. The van der Waals surface area contributed by atoms with Crippen LogP contribution in [0.1, 0.15) is 24.4 Å². The molecule has 1 aromatic rings. The maximum absolute atomic E-state index is 11.9. The van der Waals surface area contributed by atoms with Crippen LogP contribution < -0.4 is 10.5 Å². The minimum atomic E-state index is -4.34. The van der Waals surface area contributed by atoms with Gasteiger partial charge in [0.2, 0.25) is 0 Å². The third-order valence-electron chi connectivity index (χ3n) is 1.92. The average molecular weight is 234 g/mol. The normalized spacial score (nSPS) is 13.6. The van der Waals surface area contributed by atoms with Crippen LogP contribution in [-0.4, -0.2) is 17.8 Å². The van der Waals surface area contributed by atoms with Crippen LogP contribution in [0.3, 0.4) is 0 Å². The van der Waals surface area contributed by atoms with Crippen LogP contribution in [-0.2, 0) is 0 Å². The summed E-state index contributed by atoms with van der Waals surface area (Å²) in [6.45, 7) is 2.02. The van der Waals surface area contributed by atoms with Crippen molar-refractivity contribution in [3.8, 4) is 5.75 Å². The van der Waals surface area contributed by atoms with Crippen LogP contribution in [0.25, 0.3) is 0 Å². The quantitative estimate of drug-likeness (QED) is 0.873. The second-order valence-corrected chi connectivity index (χ2v) is 3.51. The summed E-state index contributed by atoms with van der Waals surface area (Å²) in [6, 6.07) is 2.76. The fourth-order valence-corrected chi connectivity index (χ4v) is 1.13. The number of alkyl halides is 3. The average Bonchev–Trinajstić information content (AvgIpc) is 2.14. The highest BCUT2D eigenvalue weighted by Gasteiger charge is 2.28. The lowest BCUT2D eigenvalue weighted by Gasteiger charge is -2.12. The summed E-state index contributed by atoms with van der Waals surface area (Å²) in [7, 11) is 0. The highest BCUT2D eigenvalue weighted by molar-refractivity contribution is 5.29. The van der Waals surface area contributed by atoms with Gasteiger partial charge in [0.15, 0.2) is 6.61 Å². The topological polar surface area (TPSA) is 48.1 Å². The number of halogens is 3. The Hall–Kier alpha value is -1.30. The highest BCUT2D eigenvalue weighted by atomic mass is 19.4. The molecule has 0 aliphatic heterocycles. The maximum atomic E-state index is 11.9. The SMILES string of the molecule is Cc1nc([C@@H](C)N)ccc1OCC(F)(F)F. The first kappa shape index (κ1) is 12.8. The van der Waals surface area contributed by atoms with E-state index in [-0.39, 0.29) is 11.8 Å². The third-order valence-corrected chi connectivity index (χ3v) is 1.92. The van der Waals surface area contributed by atoms with Crippen molar-refractivity contribution in [2.24, 2.45) is 5.73 Å². The van der Waals surface area contributed by atoms with Gasteiger partial charge >= 0.3 is 6.18 Å². The summed E-state index contributed by atoms with van der Waals surface area (Å²) in [5, 5.41) is 0. The van der Waals surface area contributed by atoms with E-state index < -0.39 is 12.8 Å². The summed E-state index contributed by atoms with van der Waals surface area (Å²) >= 11 is 0. The number of rotatable bonds is 3. The Bertz CT molecular complexity index is 364. The van der Waals surface area contributed by atoms with E-state index in [4.69, 9.17) is 5.73 Å². The molecule has 16 heavy (non-hydrogen) atoms. The second-order valence-electron chi connectivity index (χ2n) is 3.51. The monoisotopic (exact) mass is 234 g/mol. The van der Waals surface area contributed by atoms with Crippen molar-refractivity contribution in [3.05, 3.63) is 23.5 Å². The van der Waals surface area contributed by atoms with Gasteiger partial charge in [-0.2, -0.15) is 13.2 Å². The predicted octanol–water partition coefficient (Wildman–Crippen LogP) is 2.35. The molecule has 2 N–H and O–H groups in total. The molecule has 90 valence electrons. The van der Waals surface area contributed by atoms with E-state index in [0.29, 0.717) is 11.4 Å². The minimum Gasteiger partial charge on any atom is -0.482 e. The zero-order valence-corrected chi connectivity index (χ0v) is 9.01. The third kappa shape index (κ3) is 3.69. The van der Waals surface area contributed by atoms with Crippen molar-refractivity contribution in [2.75, 3.05) is 6.61 Å². The Morgan fingerprint density at radius 1 is 1.44 bits per heavy atom. The Morgan fingerprint density at radius 2 is 2.06 bits per heavy atom. The lowest BCUT2D eigenvalue weighted by molar-refractivity contribution is -0.153. The first-order chi connectivity index (χ1) is 7.29. The highest BCUT2D eigenvalue weighted by Crippen LogP contribution is 2.21. The molecule has 0 aliphatic rings. The number of hydrogen-bond donors (Lipinski definition) is 1. The van der Waals surface area contributed by atoms with Crippen molar-refractivity contribution in [1.29, 1.82) is 0 Å². The summed E-state index contributed by atoms with van der Waals surface area (Å²) in [5.41, 5.74) is 6.62. The molecule has 0 amide bonds. The van der Waals surface area contributed by atoms with Crippen LogP contribution in [0.5, 0.6) is 5.75 Å². The molecule has 1 heterocycles. The van der Waals surface area contributed by atoms with Crippen molar-refractivity contribution in [1.82, 2.24) is 4.98 Å². The standard InChI is InChI=1S/C10H13F3N2O/c1-6(14)8-3-4-9(7(2)15-8)16-5-10(11,12)13/h3-4,6H,5,14H2,1-2H3/t6-/m1/s1. The molecule has 3 nitrogen and oxygen atoms in total. The number of ether oxygens (including phenoxy) is 1. The van der Waals surface area contributed by atoms with E-state index >= 15 is 0 Å². The fourth-order valence-electron chi connectivity index (χ4n) is 1.13. The molecular formula is C10H13F3N2O. The van der Waals surface area contributed by atoms with E-state index in [9.17, 15) is 13.2 Å². The molecule has 1 rings (SSSR count). The van der Waals surface area contributed by atoms with Crippen LogP contribution in [0, 0.1) is 6.92 Å². The number of hydrogen-bond acceptors (Lipinski definition) is 3. The fraction of sp³-hybridized carbons (Fsp3) is 0.500. The van der Waals surface area contributed by atoms with Gasteiger partial charge in [0.25, 0.3) is 0 Å². The zero-order chi connectivity index (χ0) is 12.3. The number of aromatic nitrogens is 1. The molecule has 0 unspecified atom stereocenters. The molecule has 1 aromatic heterocycles. The van der Waals surface area contributed by atoms with Crippen molar-refractivity contribution < 1.29 is 17.9 Å². The van der Waals surface area contributed by atoms with Gasteiger partial charge < -0.3 is 10.5 Å². The lowest BCUT2D eigenvalue weighted by atomic mass is 10.2. The summed E-state index contributed by atoms with van der Waals surface area (Å²) in [5.74, 6) is 0.127. The number of nitrogens with two attached hydrogens (primary N) is 1. The smallest absolute Gasteiger partial charge is 0.422 e. The number of aryl methyl sites for hydroxylation is 1. The molecule has 0 fully saturated rings. The van der Waals surface area contributed by atoms with Gasteiger partial charge in [-0.1, -0.05) is 0 Å². The van der Waals surface area contributed by atoms with E-state index in [0.717, 1.165) is 0 Å². The molecule has 0 saturated heterocycles. The van der Waals surface area contributed by atoms with Gasteiger partial charge in [-0.15, -0.1) is 0 Å². The van der Waals surface area contributed by atoms with Crippen molar-refractivity contribution >= 4 is 0 Å². The summed E-state index contributed by atoms with van der Waals surface area (Å²) < 4.78 is 40.4. The van der Waals surface area contributed by atoms with E-state index in [1.807, 2.05) is 0 Å². The second kappa shape index (κ2) is 4.69. The van der Waals surface area contributed by atoms with Crippen molar-refractivity contribution in [3.63, 3.8) is 0 Å². The Labute approximate surface area is 91.4 Å². The van der Waals surface area contributed by atoms with Crippen LogP contribution >= 0.6 is 0 Å². The number of nitrogens with zero attached hydrogens (tertiary/aromatic N) is 1.